The van der Waals surface area contributed by atoms with Crippen LogP contribution in [0.15, 0.2) is 0 Å². The molecule has 3 heteroatoms. The van der Waals surface area contributed by atoms with E-state index in [0.717, 1.165) is 13.1 Å². The van der Waals surface area contributed by atoms with Crippen LogP contribution in [0.5, 0.6) is 0 Å². The van der Waals surface area contributed by atoms with E-state index in [9.17, 15) is 0 Å². The Kier molecular flexibility index (Phi) is 3.10. The van der Waals surface area contributed by atoms with Crippen molar-refractivity contribution in [2.75, 3.05) is 26.2 Å². The van der Waals surface area contributed by atoms with E-state index in [2.05, 4.69) is 17.1 Å². The molecule has 0 bridgehead atoms. The molecule has 3 N–H and O–H groups in total. The third-order valence-electron chi connectivity index (χ3n) is 4.06. The highest BCUT2D eigenvalue weighted by atomic mass is 15.3. The molecule has 82 valence electrons. The van der Waals surface area contributed by atoms with E-state index in [0.29, 0.717) is 11.6 Å². The van der Waals surface area contributed by atoms with Gasteiger partial charge in [-0.25, -0.2) is 0 Å². The summed E-state index contributed by atoms with van der Waals surface area (Å²) in [7, 11) is 0. The van der Waals surface area contributed by atoms with Crippen molar-refractivity contribution in [2.45, 2.75) is 44.2 Å². The van der Waals surface area contributed by atoms with Crippen molar-refractivity contribution in [1.29, 1.82) is 0 Å². The van der Waals surface area contributed by atoms with Gasteiger partial charge in [0.2, 0.25) is 0 Å². The molecule has 0 aromatic rings. The summed E-state index contributed by atoms with van der Waals surface area (Å²) in [6, 6.07) is 0.322. The van der Waals surface area contributed by atoms with E-state index in [1.807, 2.05) is 0 Å². The molecule has 1 unspecified atom stereocenters. The van der Waals surface area contributed by atoms with Gasteiger partial charge in [-0.3, -0.25) is 4.90 Å². The summed E-state index contributed by atoms with van der Waals surface area (Å²) < 4.78 is 0. The topological polar surface area (TPSA) is 41.3 Å². The van der Waals surface area contributed by atoms with Crippen molar-refractivity contribution < 1.29 is 0 Å². The van der Waals surface area contributed by atoms with Crippen molar-refractivity contribution in [2.24, 2.45) is 5.73 Å². The fourth-order valence-electron chi connectivity index (χ4n) is 3.16. The lowest BCUT2D eigenvalue weighted by atomic mass is 9.87. The van der Waals surface area contributed by atoms with E-state index in [-0.39, 0.29) is 0 Å². The van der Waals surface area contributed by atoms with E-state index in [1.165, 1.54) is 38.8 Å². The Labute approximate surface area is 87.0 Å². The lowest BCUT2D eigenvalue weighted by Gasteiger charge is -2.46. The summed E-state index contributed by atoms with van der Waals surface area (Å²) in [6.07, 6.45) is 5.35. The number of nitrogens with one attached hydrogen (secondary N) is 1. The largest absolute Gasteiger partial charge is 0.326 e. The zero-order valence-electron chi connectivity index (χ0n) is 9.26. The summed E-state index contributed by atoms with van der Waals surface area (Å²) >= 11 is 0. The van der Waals surface area contributed by atoms with Gasteiger partial charge in [-0.15, -0.1) is 0 Å². The van der Waals surface area contributed by atoms with Crippen molar-refractivity contribution >= 4 is 0 Å². The van der Waals surface area contributed by atoms with Gasteiger partial charge in [0, 0.05) is 37.8 Å². The highest BCUT2D eigenvalue weighted by molar-refractivity contribution is 5.01. The molecule has 0 radical (unpaired) electrons. The SMILES string of the molecule is CC(N)C1(N2CCNCC2)CCCC1. The normalized spacial score (nSPS) is 30.4. The van der Waals surface area contributed by atoms with Gasteiger partial charge >= 0.3 is 0 Å². The maximum Gasteiger partial charge on any atom is 0.0358 e. The lowest BCUT2D eigenvalue weighted by Crippen LogP contribution is -2.61. The van der Waals surface area contributed by atoms with Gasteiger partial charge in [-0.1, -0.05) is 12.8 Å². The molecule has 1 saturated carbocycles. The van der Waals surface area contributed by atoms with Crippen molar-refractivity contribution in [3.63, 3.8) is 0 Å². The van der Waals surface area contributed by atoms with E-state index in [4.69, 9.17) is 5.73 Å². The van der Waals surface area contributed by atoms with Gasteiger partial charge in [0.25, 0.3) is 0 Å². The molecule has 14 heavy (non-hydrogen) atoms. The van der Waals surface area contributed by atoms with E-state index >= 15 is 0 Å². The second kappa shape index (κ2) is 4.17. The second-order valence-corrected chi connectivity index (χ2v) is 4.84. The molecule has 2 rings (SSSR count). The zero-order valence-corrected chi connectivity index (χ0v) is 9.26. The van der Waals surface area contributed by atoms with Crippen LogP contribution in [0.3, 0.4) is 0 Å². The number of rotatable bonds is 2. The standard InChI is InChI=1S/C11H23N3/c1-10(12)11(4-2-3-5-11)14-8-6-13-7-9-14/h10,13H,2-9,12H2,1H3. The summed E-state index contributed by atoms with van der Waals surface area (Å²) in [6.45, 7) is 6.82. The molecule has 0 spiro atoms. The van der Waals surface area contributed by atoms with Crippen LogP contribution in [0.25, 0.3) is 0 Å². The number of nitrogens with zero attached hydrogens (tertiary/aromatic N) is 1. The number of hydrogen-bond donors (Lipinski definition) is 2. The van der Waals surface area contributed by atoms with Crippen molar-refractivity contribution in [1.82, 2.24) is 10.2 Å². The molecule has 3 nitrogen and oxygen atoms in total. The van der Waals surface area contributed by atoms with Gasteiger partial charge in [0.15, 0.2) is 0 Å². The second-order valence-electron chi connectivity index (χ2n) is 4.84. The van der Waals surface area contributed by atoms with Gasteiger partial charge in [0.05, 0.1) is 0 Å². The number of piperazine rings is 1. The van der Waals surface area contributed by atoms with E-state index in [1.54, 1.807) is 0 Å². The summed E-state index contributed by atoms with van der Waals surface area (Å²) in [5, 5.41) is 3.41. The molecule has 2 aliphatic rings. The molecule has 0 amide bonds. The predicted octanol–water partition coefficient (Wildman–Crippen LogP) is 0.552. The maximum absolute atomic E-state index is 6.20. The summed E-state index contributed by atoms with van der Waals surface area (Å²) in [5.41, 5.74) is 6.54. The Hall–Kier alpha value is -0.120. The molecule has 2 fully saturated rings. The third-order valence-corrected chi connectivity index (χ3v) is 4.06. The van der Waals surface area contributed by atoms with Crippen LogP contribution in [-0.2, 0) is 0 Å². The Morgan fingerprint density at radius 2 is 1.79 bits per heavy atom. The molecule has 1 aliphatic carbocycles. The minimum atomic E-state index is 0.322. The van der Waals surface area contributed by atoms with Crippen LogP contribution in [-0.4, -0.2) is 42.7 Å². The summed E-state index contributed by atoms with van der Waals surface area (Å²) in [4.78, 5) is 2.64. The van der Waals surface area contributed by atoms with Crippen molar-refractivity contribution in [3.05, 3.63) is 0 Å². The third kappa shape index (κ3) is 1.69. The van der Waals surface area contributed by atoms with Crippen LogP contribution >= 0.6 is 0 Å². The molecule has 1 atom stereocenters. The van der Waals surface area contributed by atoms with Crippen LogP contribution in [0, 0.1) is 0 Å². The highest BCUT2D eigenvalue weighted by Gasteiger charge is 2.42. The molecular weight excluding hydrogens is 174 g/mol. The zero-order chi connectivity index (χ0) is 10.0. The van der Waals surface area contributed by atoms with Crippen LogP contribution in [0.2, 0.25) is 0 Å². The first kappa shape index (κ1) is 10.4. The Balaban J connectivity index is 2.08. The minimum Gasteiger partial charge on any atom is -0.326 e. The van der Waals surface area contributed by atoms with Gasteiger partial charge in [0.1, 0.15) is 0 Å². The summed E-state index contributed by atoms with van der Waals surface area (Å²) in [5.74, 6) is 0. The van der Waals surface area contributed by atoms with Crippen LogP contribution in [0.1, 0.15) is 32.6 Å². The van der Waals surface area contributed by atoms with Crippen LogP contribution in [0.4, 0.5) is 0 Å². The fourth-order valence-corrected chi connectivity index (χ4v) is 3.16. The molecule has 1 saturated heterocycles. The van der Waals surface area contributed by atoms with Gasteiger partial charge in [-0.05, 0) is 19.8 Å². The smallest absolute Gasteiger partial charge is 0.0358 e. The van der Waals surface area contributed by atoms with E-state index < -0.39 is 0 Å². The first-order valence-corrected chi connectivity index (χ1v) is 5.97. The molecule has 0 aromatic carbocycles. The maximum atomic E-state index is 6.20. The Bertz CT molecular complexity index is 179. The molecule has 1 heterocycles. The van der Waals surface area contributed by atoms with Gasteiger partial charge < -0.3 is 11.1 Å². The molecular formula is C11H23N3. The highest BCUT2D eigenvalue weighted by Crippen LogP contribution is 2.37. The Morgan fingerprint density at radius 1 is 1.21 bits per heavy atom. The first-order chi connectivity index (χ1) is 6.76. The lowest BCUT2D eigenvalue weighted by molar-refractivity contribution is 0.0595. The molecule has 1 aliphatic heterocycles. The monoisotopic (exact) mass is 197 g/mol. The molecule has 0 aromatic heterocycles. The number of nitrogens with two attached hydrogens (primary N) is 1. The van der Waals surface area contributed by atoms with Crippen molar-refractivity contribution in [3.8, 4) is 0 Å². The van der Waals surface area contributed by atoms with Gasteiger partial charge in [-0.2, -0.15) is 0 Å². The predicted molar refractivity (Wildman–Crippen MR) is 59.3 cm³/mol. The average Bonchev–Trinajstić information content (AvgIpc) is 2.69. The van der Waals surface area contributed by atoms with Crippen LogP contribution < -0.4 is 11.1 Å². The Morgan fingerprint density at radius 3 is 2.29 bits per heavy atom. The average molecular weight is 197 g/mol. The fraction of sp³-hybridized carbons (Fsp3) is 1.00. The minimum absolute atomic E-state index is 0.322. The number of hydrogen-bond acceptors (Lipinski definition) is 3. The first-order valence-electron chi connectivity index (χ1n) is 5.97. The quantitative estimate of drug-likeness (QED) is 0.679.